The highest BCUT2D eigenvalue weighted by atomic mass is 32.1. The quantitative estimate of drug-likeness (QED) is 0.779. The molecule has 0 aliphatic rings. The van der Waals surface area contributed by atoms with Crippen LogP contribution in [0.5, 0.6) is 0 Å². The minimum Gasteiger partial charge on any atom is -0.384 e. The first kappa shape index (κ1) is 13.5. The number of nitrogen functional groups attached to an aromatic ring is 1. The maximum atomic E-state index is 12.1. The summed E-state index contributed by atoms with van der Waals surface area (Å²) in [5.41, 5.74) is 6.90. The Morgan fingerprint density at radius 2 is 2.26 bits per heavy atom. The molecule has 0 bridgehead atoms. The van der Waals surface area contributed by atoms with Gasteiger partial charge in [-0.15, -0.1) is 5.10 Å². The molecule has 0 aliphatic carbocycles. The van der Waals surface area contributed by atoms with Gasteiger partial charge in [0.05, 0.1) is 11.9 Å². The molecule has 8 heteroatoms. The number of carbonyl (C=O) groups is 1. The van der Waals surface area contributed by atoms with E-state index in [2.05, 4.69) is 25.1 Å². The minimum atomic E-state index is -0.214. The second-order valence-electron chi connectivity index (χ2n) is 5.19. The van der Waals surface area contributed by atoms with Crippen molar-refractivity contribution in [2.75, 3.05) is 5.73 Å². The number of H-pyrrole nitrogens is 1. The number of nitrogens with one attached hydrogen (secondary N) is 2. The summed E-state index contributed by atoms with van der Waals surface area (Å²) in [6.07, 6.45) is 1.59. The number of hydrogen-bond acceptors (Lipinski definition) is 6. The number of nitrogens with two attached hydrogens (primary N) is 1. The molecular weight excluding hydrogens is 264 g/mol. The van der Waals surface area contributed by atoms with E-state index in [0.717, 1.165) is 17.1 Å². The Morgan fingerprint density at radius 3 is 2.84 bits per heavy atom. The molecule has 2 rings (SSSR count). The van der Waals surface area contributed by atoms with Crippen molar-refractivity contribution in [3.63, 3.8) is 0 Å². The van der Waals surface area contributed by atoms with Crippen LogP contribution in [0.1, 0.15) is 41.7 Å². The summed E-state index contributed by atoms with van der Waals surface area (Å²) < 4.78 is 3.86. The number of carbonyl (C=O) groups excluding carboxylic acids is 1. The highest BCUT2D eigenvalue weighted by molar-refractivity contribution is 7.08. The first-order valence-corrected chi connectivity index (χ1v) is 6.55. The summed E-state index contributed by atoms with van der Waals surface area (Å²) in [4.78, 5) is 12.7. The Labute approximate surface area is 114 Å². The summed E-state index contributed by atoms with van der Waals surface area (Å²) in [7, 11) is 0. The summed E-state index contributed by atoms with van der Waals surface area (Å²) in [5, 5.41) is 13.2. The van der Waals surface area contributed by atoms with Gasteiger partial charge in [-0.1, -0.05) is 25.3 Å². The predicted octanol–water partition coefficient (Wildman–Crippen LogP) is 1.07. The lowest BCUT2D eigenvalue weighted by Crippen LogP contribution is -2.26. The number of hydrogen-bond donors (Lipinski definition) is 3. The Morgan fingerprint density at radius 1 is 1.53 bits per heavy atom. The molecule has 0 aromatic carbocycles. The molecule has 4 N–H and O–H groups in total. The number of anilines is 1. The van der Waals surface area contributed by atoms with Crippen molar-refractivity contribution in [1.82, 2.24) is 25.1 Å². The smallest absolute Gasteiger partial charge is 0.265 e. The van der Waals surface area contributed by atoms with Crippen LogP contribution in [-0.4, -0.2) is 25.7 Å². The molecule has 0 aliphatic heterocycles. The van der Waals surface area contributed by atoms with Crippen LogP contribution >= 0.6 is 11.5 Å². The summed E-state index contributed by atoms with van der Waals surface area (Å²) >= 11 is 1.10. The van der Waals surface area contributed by atoms with Crippen molar-refractivity contribution >= 4 is 23.3 Å². The number of rotatable bonds is 3. The number of aromatic nitrogens is 4. The van der Waals surface area contributed by atoms with E-state index in [4.69, 9.17) is 5.73 Å². The molecule has 102 valence electrons. The molecule has 2 aromatic heterocycles. The average Bonchev–Trinajstić information content (AvgIpc) is 2.93. The third-order valence-corrected chi connectivity index (χ3v) is 3.32. The number of nitrogens with zero attached hydrogens (tertiary/aromatic N) is 3. The van der Waals surface area contributed by atoms with Crippen LogP contribution in [0.2, 0.25) is 0 Å². The molecule has 0 saturated carbocycles. The molecule has 0 spiro atoms. The average molecular weight is 280 g/mol. The van der Waals surface area contributed by atoms with Gasteiger partial charge in [-0.3, -0.25) is 9.89 Å². The van der Waals surface area contributed by atoms with E-state index in [-0.39, 0.29) is 11.3 Å². The van der Waals surface area contributed by atoms with Gasteiger partial charge in [0.15, 0.2) is 0 Å². The normalized spacial score (nSPS) is 11.5. The van der Waals surface area contributed by atoms with Gasteiger partial charge in [0.2, 0.25) is 0 Å². The Balaban J connectivity index is 2.09. The molecule has 0 atom stereocenters. The van der Waals surface area contributed by atoms with E-state index in [9.17, 15) is 4.79 Å². The first-order chi connectivity index (χ1) is 8.89. The van der Waals surface area contributed by atoms with Crippen molar-refractivity contribution < 1.29 is 4.79 Å². The van der Waals surface area contributed by atoms with E-state index in [1.54, 1.807) is 6.20 Å². The molecule has 0 radical (unpaired) electrons. The lowest BCUT2D eigenvalue weighted by Gasteiger charge is -2.16. The zero-order valence-electron chi connectivity index (χ0n) is 11.0. The van der Waals surface area contributed by atoms with Crippen LogP contribution in [0, 0.1) is 0 Å². The largest absolute Gasteiger partial charge is 0.384 e. The van der Waals surface area contributed by atoms with Gasteiger partial charge in [0, 0.05) is 17.5 Å². The highest BCUT2D eigenvalue weighted by Crippen LogP contribution is 2.25. The van der Waals surface area contributed by atoms with Gasteiger partial charge in [-0.25, -0.2) is 0 Å². The second kappa shape index (κ2) is 4.96. The molecule has 2 heterocycles. The standard InChI is InChI=1S/C11H16N6OS/c1-11(2,3)8-7(19-17-15-8)10(18)13-4-6-5-14-16-9(6)12/h5H,4H2,1-3H3,(H,13,18)(H3,12,14,16). The monoisotopic (exact) mass is 280 g/mol. The van der Waals surface area contributed by atoms with Crippen LogP contribution in [-0.2, 0) is 12.0 Å². The SMILES string of the molecule is CC(C)(C)c1nnsc1C(=O)NCc1cn[nH]c1N. The van der Waals surface area contributed by atoms with Gasteiger partial charge in [-0.2, -0.15) is 5.10 Å². The van der Waals surface area contributed by atoms with Gasteiger partial charge in [-0.05, 0) is 11.5 Å². The zero-order valence-corrected chi connectivity index (χ0v) is 11.8. The van der Waals surface area contributed by atoms with Crippen molar-refractivity contribution in [3.05, 3.63) is 22.3 Å². The third-order valence-electron chi connectivity index (χ3n) is 2.60. The summed E-state index contributed by atoms with van der Waals surface area (Å²) in [5.74, 6) is 0.263. The van der Waals surface area contributed by atoms with Crippen LogP contribution in [0.15, 0.2) is 6.20 Å². The maximum absolute atomic E-state index is 12.1. The topological polar surface area (TPSA) is 110 Å². The van der Waals surface area contributed by atoms with Crippen LogP contribution in [0.4, 0.5) is 5.82 Å². The van der Waals surface area contributed by atoms with E-state index in [0.29, 0.717) is 22.9 Å². The van der Waals surface area contributed by atoms with Gasteiger partial charge in [0.1, 0.15) is 10.7 Å². The predicted molar refractivity (Wildman–Crippen MR) is 72.8 cm³/mol. The zero-order chi connectivity index (χ0) is 14.0. The molecule has 0 saturated heterocycles. The third kappa shape index (κ3) is 2.90. The molecular formula is C11H16N6OS. The second-order valence-corrected chi connectivity index (χ2v) is 5.95. The van der Waals surface area contributed by atoms with Gasteiger partial charge >= 0.3 is 0 Å². The van der Waals surface area contributed by atoms with Crippen molar-refractivity contribution in [2.45, 2.75) is 32.7 Å². The molecule has 1 amide bonds. The molecule has 2 aromatic rings. The summed E-state index contributed by atoms with van der Waals surface area (Å²) in [6, 6.07) is 0. The fourth-order valence-corrected chi connectivity index (χ4v) is 2.34. The highest BCUT2D eigenvalue weighted by Gasteiger charge is 2.26. The fraction of sp³-hybridized carbons (Fsp3) is 0.455. The summed E-state index contributed by atoms with van der Waals surface area (Å²) in [6.45, 7) is 6.31. The number of amides is 1. The molecule has 0 fully saturated rings. The molecule has 0 unspecified atom stereocenters. The van der Waals surface area contributed by atoms with Crippen LogP contribution in [0.25, 0.3) is 0 Å². The minimum absolute atomic E-state index is 0.194. The lowest BCUT2D eigenvalue weighted by atomic mass is 9.91. The maximum Gasteiger partial charge on any atom is 0.265 e. The molecule has 19 heavy (non-hydrogen) atoms. The van der Waals surface area contributed by atoms with E-state index in [1.807, 2.05) is 20.8 Å². The van der Waals surface area contributed by atoms with Gasteiger partial charge in [0.25, 0.3) is 5.91 Å². The molecule has 7 nitrogen and oxygen atoms in total. The van der Waals surface area contributed by atoms with E-state index < -0.39 is 0 Å². The van der Waals surface area contributed by atoms with Crippen LogP contribution < -0.4 is 11.1 Å². The Kier molecular flexibility index (Phi) is 3.52. The van der Waals surface area contributed by atoms with Crippen LogP contribution in [0.3, 0.4) is 0 Å². The lowest BCUT2D eigenvalue weighted by molar-refractivity contribution is 0.0952. The van der Waals surface area contributed by atoms with Gasteiger partial charge < -0.3 is 11.1 Å². The number of aromatic amines is 1. The van der Waals surface area contributed by atoms with E-state index in [1.165, 1.54) is 0 Å². The fourth-order valence-electron chi connectivity index (χ4n) is 1.55. The van der Waals surface area contributed by atoms with E-state index >= 15 is 0 Å². The first-order valence-electron chi connectivity index (χ1n) is 5.78. The Bertz CT molecular complexity index is 582. The van der Waals surface area contributed by atoms with Crippen molar-refractivity contribution in [3.8, 4) is 0 Å². The Hall–Kier alpha value is -1.96. The van der Waals surface area contributed by atoms with Crippen molar-refractivity contribution in [1.29, 1.82) is 0 Å². The van der Waals surface area contributed by atoms with Crippen molar-refractivity contribution in [2.24, 2.45) is 0 Å².